The van der Waals surface area contributed by atoms with Crippen molar-refractivity contribution in [2.24, 2.45) is 92.2 Å². The van der Waals surface area contributed by atoms with E-state index >= 15 is 0 Å². The van der Waals surface area contributed by atoms with Gasteiger partial charge in [0.05, 0.1) is 0 Å². The third kappa shape index (κ3) is 19.6. The van der Waals surface area contributed by atoms with Crippen molar-refractivity contribution in [3.63, 3.8) is 0 Å². The van der Waals surface area contributed by atoms with Crippen LogP contribution in [0.15, 0.2) is 0 Å². The van der Waals surface area contributed by atoms with Gasteiger partial charge in [0, 0.05) is 0 Å². The molecule has 5 unspecified atom stereocenters. The first-order chi connectivity index (χ1) is 25.6. The van der Waals surface area contributed by atoms with Crippen molar-refractivity contribution in [1.29, 1.82) is 0 Å². The van der Waals surface area contributed by atoms with Crippen LogP contribution >= 0.6 is 0 Å². The van der Waals surface area contributed by atoms with Crippen molar-refractivity contribution >= 4 is 0 Å². The molecule has 0 radical (unpaired) electrons. The molecule has 56 heavy (non-hydrogen) atoms. The van der Waals surface area contributed by atoms with Gasteiger partial charge in [-0.3, -0.25) is 0 Å². The number of rotatable bonds is 3. The summed E-state index contributed by atoms with van der Waals surface area (Å²) in [5.74, 6) is 11.3. The molecule has 0 aromatic heterocycles. The molecule has 0 aliphatic heterocycles. The van der Waals surface area contributed by atoms with Crippen LogP contribution in [0.2, 0.25) is 0 Å². The van der Waals surface area contributed by atoms with E-state index in [9.17, 15) is 0 Å². The number of hydrogen-bond acceptors (Lipinski definition) is 0. The fraction of sp³-hybridized carbons (Fsp3) is 1.00. The summed E-state index contributed by atoms with van der Waals surface area (Å²) in [6.07, 6.45) is 27.6. The van der Waals surface area contributed by atoms with Crippen LogP contribution in [0.4, 0.5) is 0 Å². The predicted octanol–water partition coefficient (Wildman–Crippen LogP) is 19.5. The van der Waals surface area contributed by atoms with Gasteiger partial charge >= 0.3 is 0 Å². The zero-order chi connectivity index (χ0) is 43.3. The molecule has 8 fully saturated rings. The molecule has 0 bridgehead atoms. The minimum absolute atomic E-state index is 0.681. The van der Waals surface area contributed by atoms with Crippen LogP contribution in [-0.2, 0) is 0 Å². The second-order valence-corrected chi connectivity index (χ2v) is 25.9. The topological polar surface area (TPSA) is 0 Å². The number of hydrogen-bond donors (Lipinski definition) is 0. The molecule has 8 aliphatic carbocycles. The lowest BCUT2D eigenvalue weighted by Gasteiger charge is -2.42. The molecule has 0 aromatic carbocycles. The van der Waals surface area contributed by atoms with Gasteiger partial charge in [0.15, 0.2) is 0 Å². The molecular weight excluding hydrogens is 673 g/mol. The lowest BCUT2D eigenvalue weighted by Crippen LogP contribution is -2.31. The highest BCUT2D eigenvalue weighted by Crippen LogP contribution is 2.47. The van der Waals surface area contributed by atoms with Gasteiger partial charge in [-0.2, -0.15) is 0 Å². The predicted molar refractivity (Wildman–Crippen MR) is 257 cm³/mol. The van der Waals surface area contributed by atoms with Crippen LogP contribution in [0.3, 0.4) is 0 Å². The van der Waals surface area contributed by atoms with Crippen molar-refractivity contribution in [1.82, 2.24) is 0 Å². The quantitative estimate of drug-likeness (QED) is 0.267. The zero-order valence-corrected chi connectivity index (χ0v) is 43.3. The van der Waals surface area contributed by atoms with Gasteiger partial charge in [0.25, 0.3) is 0 Å². The van der Waals surface area contributed by atoms with Crippen molar-refractivity contribution in [3.05, 3.63) is 0 Å². The van der Waals surface area contributed by atoms with Crippen LogP contribution in [0, 0.1) is 92.2 Å². The Bertz CT molecular complexity index is 929. The lowest BCUT2D eigenvalue weighted by molar-refractivity contribution is 0.0891. The lowest BCUT2D eigenvalue weighted by atomic mass is 9.64. The van der Waals surface area contributed by atoms with Crippen molar-refractivity contribution in [3.8, 4) is 0 Å². The summed E-state index contributed by atoms with van der Waals surface area (Å²) in [5, 5.41) is 0. The monoisotopic (exact) mass is 785 g/mol. The van der Waals surface area contributed by atoms with Crippen LogP contribution in [-0.4, -0.2) is 0 Å². The molecule has 0 heterocycles. The van der Waals surface area contributed by atoms with E-state index < -0.39 is 0 Å². The summed E-state index contributed by atoms with van der Waals surface area (Å²) in [7, 11) is 0. The van der Waals surface area contributed by atoms with E-state index in [1.54, 1.807) is 0 Å². The molecule has 336 valence electrons. The Hall–Kier alpha value is 0. The third-order valence-electron chi connectivity index (χ3n) is 18.0. The van der Waals surface area contributed by atoms with Gasteiger partial charge in [0.2, 0.25) is 0 Å². The van der Waals surface area contributed by atoms with E-state index in [-0.39, 0.29) is 0 Å². The summed E-state index contributed by atoms with van der Waals surface area (Å²) >= 11 is 0. The van der Waals surface area contributed by atoms with Gasteiger partial charge in [-0.25, -0.2) is 0 Å². The van der Waals surface area contributed by atoms with E-state index in [4.69, 9.17) is 0 Å². The van der Waals surface area contributed by atoms with E-state index in [1.165, 1.54) is 122 Å². The summed E-state index contributed by atoms with van der Waals surface area (Å²) in [5.41, 5.74) is 3.51. The van der Waals surface area contributed by atoms with Crippen LogP contribution in [0.25, 0.3) is 0 Å². The Balaban J connectivity index is 0.000000320. The van der Waals surface area contributed by atoms with E-state index in [0.29, 0.717) is 21.7 Å². The first kappa shape index (κ1) is 54.0. The van der Waals surface area contributed by atoms with Gasteiger partial charge in [-0.1, -0.05) is 178 Å². The van der Waals surface area contributed by atoms with Crippen molar-refractivity contribution in [2.45, 2.75) is 267 Å². The van der Waals surface area contributed by atoms with E-state index in [2.05, 4.69) is 145 Å². The fourth-order valence-corrected chi connectivity index (χ4v) is 10.9. The SMILES string of the molecule is CC1CC(C)(C)C1.CC1CC(C)(C)C1.CC1CCC1(C)C.CC1C[C@H](C)C1C.CCC1(C)CCC1.CCC1CC(C)C1.CCC1CCC1C.C[C@H]1CCC1(C)C. The molecule has 0 spiro atoms. The maximum Gasteiger partial charge on any atom is -0.0328 e. The molecule has 8 saturated carbocycles. The van der Waals surface area contributed by atoms with Crippen molar-refractivity contribution < 1.29 is 0 Å². The molecule has 8 aliphatic rings. The summed E-state index contributed by atoms with van der Waals surface area (Å²) in [6, 6.07) is 0. The average molecular weight is 786 g/mol. The summed E-state index contributed by atoms with van der Waals surface area (Å²) in [6.45, 7) is 49.1. The Kier molecular flexibility index (Phi) is 23.0. The maximum atomic E-state index is 2.39. The molecule has 8 rings (SSSR count). The van der Waals surface area contributed by atoms with Crippen LogP contribution < -0.4 is 0 Å². The fourth-order valence-electron chi connectivity index (χ4n) is 10.9. The Morgan fingerprint density at radius 1 is 0.429 bits per heavy atom. The molecule has 7 atom stereocenters. The highest BCUT2D eigenvalue weighted by Gasteiger charge is 2.36. The first-order valence-electron chi connectivity index (χ1n) is 25.6. The largest absolute Gasteiger partial charge is 0.0651 e. The minimum atomic E-state index is 0.681. The zero-order valence-electron chi connectivity index (χ0n) is 43.3. The van der Waals surface area contributed by atoms with E-state index in [1.807, 2.05) is 0 Å². The molecule has 0 amide bonds. The maximum absolute atomic E-state index is 2.39. The Morgan fingerprint density at radius 2 is 0.821 bits per heavy atom. The average Bonchev–Trinajstić information content (AvgIpc) is 3.07. The normalized spacial score (nSPS) is 36.5. The second kappa shape index (κ2) is 23.9. The molecular formula is C56H112. The molecule has 0 aromatic rings. The molecule has 0 nitrogen and oxygen atoms in total. The van der Waals surface area contributed by atoms with Crippen LogP contribution in [0.5, 0.6) is 0 Å². The standard InChI is InChI=1S/8C7H14/c2*1-6-4-7(2,3)5-6;2*1-6-4-5-7(6,2)3;1-5-4-6(2)7(5)3;1-3-7-4-6(2)5-7;1-3-7(2)5-4-6-7;1-3-7-5-4-6(7)2/h4*6H,4-5H2,1-3H3;5-7H,4H2,1-3H3;6-7H,3-5H2,1-2H3;3-6H2,1-2H3;6-7H,3-5H2,1-2H3/t;;6-;;5-,6?,7?;;;/m..0.0.../s1. The summed E-state index contributed by atoms with van der Waals surface area (Å²) in [4.78, 5) is 0. The third-order valence-corrected chi connectivity index (χ3v) is 18.0. The Morgan fingerprint density at radius 3 is 0.839 bits per heavy atom. The van der Waals surface area contributed by atoms with Gasteiger partial charge in [0.1, 0.15) is 0 Å². The molecule has 0 saturated heterocycles. The Labute approximate surface area is 358 Å². The molecule has 0 heteroatoms. The van der Waals surface area contributed by atoms with Crippen molar-refractivity contribution in [2.75, 3.05) is 0 Å². The summed E-state index contributed by atoms with van der Waals surface area (Å²) < 4.78 is 0. The van der Waals surface area contributed by atoms with E-state index in [0.717, 1.165) is 70.5 Å². The molecule has 0 N–H and O–H groups in total. The minimum Gasteiger partial charge on any atom is -0.0651 e. The van der Waals surface area contributed by atoms with Gasteiger partial charge in [-0.05, 0) is 182 Å². The first-order valence-corrected chi connectivity index (χ1v) is 25.6. The highest BCUT2D eigenvalue weighted by atomic mass is 14.4. The van der Waals surface area contributed by atoms with Gasteiger partial charge < -0.3 is 0 Å². The van der Waals surface area contributed by atoms with Gasteiger partial charge in [-0.15, -0.1) is 0 Å². The second-order valence-electron chi connectivity index (χ2n) is 25.9. The highest BCUT2D eigenvalue weighted by molar-refractivity contribution is 4.87. The smallest absolute Gasteiger partial charge is 0.0328 e. The van der Waals surface area contributed by atoms with Crippen LogP contribution in [0.1, 0.15) is 267 Å².